The molecule has 1 aliphatic carbocycles. The van der Waals surface area contributed by atoms with Gasteiger partial charge in [-0.3, -0.25) is 4.79 Å². The lowest BCUT2D eigenvalue weighted by molar-refractivity contribution is 0.0708. The van der Waals surface area contributed by atoms with Crippen molar-refractivity contribution < 1.29 is 13.2 Å². The third-order valence-electron chi connectivity index (χ3n) is 4.96. The fourth-order valence-electron chi connectivity index (χ4n) is 3.68. The second-order valence-electron chi connectivity index (χ2n) is 6.70. The molecular formula is C17H25N3O3S. The predicted molar refractivity (Wildman–Crippen MR) is 93.9 cm³/mol. The van der Waals surface area contributed by atoms with Gasteiger partial charge < -0.3 is 10.2 Å². The highest BCUT2D eigenvalue weighted by Crippen LogP contribution is 2.23. The van der Waals surface area contributed by atoms with Crippen molar-refractivity contribution in [2.45, 2.75) is 51.1 Å². The first-order valence-electron chi connectivity index (χ1n) is 8.72. The van der Waals surface area contributed by atoms with Crippen LogP contribution in [-0.2, 0) is 9.84 Å². The lowest BCUT2D eigenvalue weighted by Crippen LogP contribution is -2.41. The Hall–Kier alpha value is -1.63. The van der Waals surface area contributed by atoms with Gasteiger partial charge in [-0.25, -0.2) is 13.4 Å². The summed E-state index contributed by atoms with van der Waals surface area (Å²) in [6, 6.07) is 3.71. The Bertz CT molecular complexity index is 699. The molecule has 1 aliphatic heterocycles. The lowest BCUT2D eigenvalue weighted by atomic mass is 10.1. The van der Waals surface area contributed by atoms with Gasteiger partial charge in [0.15, 0.2) is 9.84 Å². The number of aromatic nitrogens is 1. The number of nitrogens with one attached hydrogen (secondary N) is 1. The number of carbonyl (C=O) groups is 1. The molecule has 1 aromatic heterocycles. The molecule has 24 heavy (non-hydrogen) atoms. The molecule has 0 bridgehead atoms. The molecule has 0 spiro atoms. The summed E-state index contributed by atoms with van der Waals surface area (Å²) in [7, 11) is -3.01. The van der Waals surface area contributed by atoms with E-state index >= 15 is 0 Å². The average molecular weight is 351 g/mol. The highest BCUT2D eigenvalue weighted by molar-refractivity contribution is 7.91. The molecule has 3 rings (SSSR count). The van der Waals surface area contributed by atoms with Crippen LogP contribution in [-0.4, -0.2) is 54.3 Å². The first kappa shape index (κ1) is 17.2. The van der Waals surface area contributed by atoms with Crippen LogP contribution in [0.5, 0.6) is 0 Å². The van der Waals surface area contributed by atoms with Gasteiger partial charge in [0, 0.05) is 30.4 Å². The first-order valence-corrected chi connectivity index (χ1v) is 10.5. The number of amides is 1. The summed E-state index contributed by atoms with van der Waals surface area (Å²) in [5.41, 5.74) is 0.566. The molecule has 1 amide bonds. The average Bonchev–Trinajstić information content (AvgIpc) is 3.18. The van der Waals surface area contributed by atoms with Crippen molar-refractivity contribution in [1.82, 2.24) is 9.88 Å². The molecule has 1 atom stereocenters. The van der Waals surface area contributed by atoms with Crippen LogP contribution < -0.4 is 5.32 Å². The highest BCUT2D eigenvalue weighted by Gasteiger charge is 2.34. The van der Waals surface area contributed by atoms with E-state index in [2.05, 4.69) is 10.3 Å². The zero-order chi connectivity index (χ0) is 17.2. The summed E-state index contributed by atoms with van der Waals surface area (Å²) >= 11 is 0. The summed E-state index contributed by atoms with van der Waals surface area (Å²) in [5, 5.41) is 3.40. The lowest BCUT2D eigenvalue weighted by Gasteiger charge is -2.27. The van der Waals surface area contributed by atoms with Gasteiger partial charge >= 0.3 is 0 Å². The number of anilines is 1. The quantitative estimate of drug-likeness (QED) is 0.879. The number of pyridine rings is 1. The monoisotopic (exact) mass is 351 g/mol. The summed E-state index contributed by atoms with van der Waals surface area (Å²) in [6.07, 6.45) is 6.91. The minimum atomic E-state index is -3.01. The maximum atomic E-state index is 12.8. The minimum Gasteiger partial charge on any atom is -0.367 e. The maximum Gasteiger partial charge on any atom is 0.254 e. The molecule has 0 radical (unpaired) electrons. The molecule has 132 valence electrons. The van der Waals surface area contributed by atoms with Crippen LogP contribution in [0.3, 0.4) is 0 Å². The Balaban J connectivity index is 1.73. The number of carbonyl (C=O) groups excluding carboxylic acids is 1. The van der Waals surface area contributed by atoms with E-state index in [1.54, 1.807) is 23.2 Å². The van der Waals surface area contributed by atoms with Gasteiger partial charge in [-0.2, -0.15) is 0 Å². The van der Waals surface area contributed by atoms with E-state index < -0.39 is 9.84 Å². The predicted octanol–water partition coefficient (Wildman–Crippen LogP) is 2.09. The Morgan fingerprint density at radius 3 is 2.71 bits per heavy atom. The molecule has 7 heteroatoms. The molecule has 2 heterocycles. The topological polar surface area (TPSA) is 79.4 Å². The fraction of sp³-hybridized carbons (Fsp3) is 0.647. The van der Waals surface area contributed by atoms with Gasteiger partial charge in [-0.1, -0.05) is 12.8 Å². The van der Waals surface area contributed by atoms with E-state index in [1.807, 2.05) is 6.92 Å². The van der Waals surface area contributed by atoms with Crippen LogP contribution in [0.15, 0.2) is 18.3 Å². The van der Waals surface area contributed by atoms with Crippen LogP contribution in [0.1, 0.15) is 49.4 Å². The van der Waals surface area contributed by atoms with Crippen molar-refractivity contribution in [2.75, 3.05) is 23.4 Å². The highest BCUT2D eigenvalue weighted by atomic mass is 32.2. The zero-order valence-corrected chi connectivity index (χ0v) is 14.9. The molecule has 1 N–H and O–H groups in total. The zero-order valence-electron chi connectivity index (χ0n) is 14.1. The second-order valence-corrected chi connectivity index (χ2v) is 8.93. The van der Waals surface area contributed by atoms with Crippen LogP contribution in [0.4, 0.5) is 5.82 Å². The standard InChI is InChI=1S/C17H25N3O3S/c1-2-20(15-8-10-24(22,23)12-15)17(21)13-7-9-18-16(11-13)19-14-5-3-4-6-14/h7,9,11,14-15H,2-6,8,10,12H2,1H3,(H,18,19). The van der Waals surface area contributed by atoms with E-state index in [0.717, 1.165) is 18.7 Å². The second kappa shape index (κ2) is 7.09. The largest absolute Gasteiger partial charge is 0.367 e. The van der Waals surface area contributed by atoms with Gasteiger partial charge in [0.1, 0.15) is 5.82 Å². The molecule has 2 fully saturated rings. The number of hydrogen-bond acceptors (Lipinski definition) is 5. The van der Waals surface area contributed by atoms with Crippen molar-refractivity contribution in [2.24, 2.45) is 0 Å². The summed E-state index contributed by atoms with van der Waals surface area (Å²) < 4.78 is 23.4. The Kier molecular flexibility index (Phi) is 5.08. The SMILES string of the molecule is CCN(C(=O)c1ccnc(NC2CCCC2)c1)C1CCS(=O)(=O)C1. The molecule has 1 aromatic rings. The van der Waals surface area contributed by atoms with Gasteiger partial charge in [-0.15, -0.1) is 0 Å². The molecule has 1 saturated heterocycles. The van der Waals surface area contributed by atoms with Crippen LogP contribution in [0.2, 0.25) is 0 Å². The fourth-order valence-corrected chi connectivity index (χ4v) is 5.41. The third kappa shape index (κ3) is 3.88. The van der Waals surface area contributed by atoms with Crippen LogP contribution in [0, 0.1) is 0 Å². The minimum absolute atomic E-state index is 0.0743. The van der Waals surface area contributed by atoms with Crippen LogP contribution in [0.25, 0.3) is 0 Å². The Morgan fingerprint density at radius 1 is 1.33 bits per heavy atom. The van der Waals surface area contributed by atoms with E-state index in [-0.39, 0.29) is 23.5 Å². The van der Waals surface area contributed by atoms with Gasteiger partial charge in [-0.05, 0) is 38.3 Å². The summed E-state index contributed by atoms with van der Waals surface area (Å²) in [5.74, 6) is 0.858. The van der Waals surface area contributed by atoms with E-state index in [1.165, 1.54) is 12.8 Å². The van der Waals surface area contributed by atoms with Crippen molar-refractivity contribution >= 4 is 21.6 Å². The van der Waals surface area contributed by atoms with Crippen molar-refractivity contribution in [1.29, 1.82) is 0 Å². The van der Waals surface area contributed by atoms with E-state index in [0.29, 0.717) is 24.6 Å². The molecule has 0 aromatic carbocycles. The maximum absolute atomic E-state index is 12.8. The number of rotatable bonds is 5. The van der Waals surface area contributed by atoms with Crippen molar-refractivity contribution in [3.8, 4) is 0 Å². The smallest absolute Gasteiger partial charge is 0.254 e. The van der Waals surface area contributed by atoms with Gasteiger partial charge in [0.05, 0.1) is 11.5 Å². The molecular weight excluding hydrogens is 326 g/mol. The van der Waals surface area contributed by atoms with Gasteiger partial charge in [0.25, 0.3) is 5.91 Å². The summed E-state index contributed by atoms with van der Waals surface area (Å²) in [6.45, 7) is 2.40. The van der Waals surface area contributed by atoms with Crippen LogP contribution >= 0.6 is 0 Å². The number of nitrogens with zero attached hydrogens (tertiary/aromatic N) is 2. The molecule has 2 aliphatic rings. The molecule has 6 nitrogen and oxygen atoms in total. The van der Waals surface area contributed by atoms with Gasteiger partial charge in [0.2, 0.25) is 0 Å². The van der Waals surface area contributed by atoms with E-state index in [4.69, 9.17) is 0 Å². The number of sulfone groups is 1. The first-order chi connectivity index (χ1) is 11.5. The summed E-state index contributed by atoms with van der Waals surface area (Å²) in [4.78, 5) is 18.8. The molecule has 1 unspecified atom stereocenters. The van der Waals surface area contributed by atoms with E-state index in [9.17, 15) is 13.2 Å². The Labute approximate surface area is 143 Å². The van der Waals surface area contributed by atoms with Crippen molar-refractivity contribution in [3.05, 3.63) is 23.9 Å². The molecule has 1 saturated carbocycles. The third-order valence-corrected chi connectivity index (χ3v) is 6.72. The normalized spacial score (nSPS) is 23.3. The number of hydrogen-bond donors (Lipinski definition) is 1. The Morgan fingerprint density at radius 2 is 2.08 bits per heavy atom. The van der Waals surface area contributed by atoms with Crippen molar-refractivity contribution in [3.63, 3.8) is 0 Å².